The Labute approximate surface area is 123 Å². The second-order valence-corrected chi connectivity index (χ2v) is 6.61. The molecule has 0 aromatic carbocycles. The maximum atomic E-state index is 5.47. The molecule has 0 radical (unpaired) electrons. The van der Waals surface area contributed by atoms with E-state index in [1.807, 2.05) is 6.07 Å². The van der Waals surface area contributed by atoms with Crippen molar-refractivity contribution in [3.8, 4) is 0 Å². The van der Waals surface area contributed by atoms with Gasteiger partial charge in [0.15, 0.2) is 0 Å². The minimum atomic E-state index is 0.627. The lowest BCUT2D eigenvalue weighted by atomic mass is 10.0. The number of hydrogen-bond donors (Lipinski definition) is 1. The van der Waals surface area contributed by atoms with Crippen molar-refractivity contribution in [1.29, 1.82) is 0 Å². The Morgan fingerprint density at radius 3 is 2.70 bits per heavy atom. The van der Waals surface area contributed by atoms with E-state index in [1.54, 1.807) is 6.26 Å². The van der Waals surface area contributed by atoms with E-state index in [9.17, 15) is 0 Å². The lowest BCUT2D eigenvalue weighted by Gasteiger charge is -2.22. The van der Waals surface area contributed by atoms with E-state index in [-0.39, 0.29) is 0 Å². The summed E-state index contributed by atoms with van der Waals surface area (Å²) in [5, 5.41) is 3.66. The molecule has 0 spiro atoms. The fourth-order valence-corrected chi connectivity index (χ4v) is 2.57. The number of nitrogens with one attached hydrogen (secondary N) is 1. The lowest BCUT2D eigenvalue weighted by molar-refractivity contribution is 0.230. The zero-order chi connectivity index (χ0) is 14.4. The van der Waals surface area contributed by atoms with Crippen LogP contribution in [0.1, 0.15) is 52.2 Å². The van der Waals surface area contributed by atoms with Gasteiger partial charge >= 0.3 is 0 Å². The summed E-state index contributed by atoms with van der Waals surface area (Å²) in [6, 6.07) is 5.47. The Morgan fingerprint density at radius 2 is 2.10 bits per heavy atom. The van der Waals surface area contributed by atoms with Crippen LogP contribution in [0.2, 0.25) is 0 Å². The third-order valence-electron chi connectivity index (χ3n) is 4.07. The predicted octanol–water partition coefficient (Wildman–Crippen LogP) is 3.66. The Balaban J connectivity index is 1.65. The summed E-state index contributed by atoms with van der Waals surface area (Å²) in [4.78, 5) is 2.56. The van der Waals surface area contributed by atoms with Crippen LogP contribution in [0, 0.1) is 5.92 Å². The predicted molar refractivity (Wildman–Crippen MR) is 83.7 cm³/mol. The van der Waals surface area contributed by atoms with Crippen molar-refractivity contribution in [2.24, 2.45) is 5.92 Å². The summed E-state index contributed by atoms with van der Waals surface area (Å²) in [6.45, 7) is 10.1. The molecule has 1 unspecified atom stereocenters. The van der Waals surface area contributed by atoms with Crippen LogP contribution in [-0.4, -0.2) is 30.1 Å². The normalized spacial score (nSPS) is 17.1. The molecule has 0 bridgehead atoms. The molecule has 3 heteroatoms. The molecule has 1 fully saturated rings. The van der Waals surface area contributed by atoms with Gasteiger partial charge in [-0.1, -0.05) is 13.8 Å². The molecular formula is C17H30N2O. The summed E-state index contributed by atoms with van der Waals surface area (Å²) >= 11 is 0. The van der Waals surface area contributed by atoms with E-state index in [4.69, 9.17) is 4.42 Å². The summed E-state index contributed by atoms with van der Waals surface area (Å²) < 4.78 is 5.47. The molecule has 114 valence electrons. The van der Waals surface area contributed by atoms with Gasteiger partial charge in [0.2, 0.25) is 0 Å². The van der Waals surface area contributed by atoms with Crippen molar-refractivity contribution in [2.45, 2.75) is 65.1 Å². The molecule has 3 nitrogen and oxygen atoms in total. The average Bonchev–Trinajstić information content (AvgIpc) is 3.13. The first kappa shape index (κ1) is 15.6. The zero-order valence-electron chi connectivity index (χ0n) is 13.3. The number of hydrogen-bond acceptors (Lipinski definition) is 3. The Kier molecular flexibility index (Phi) is 6.11. The van der Waals surface area contributed by atoms with E-state index >= 15 is 0 Å². The highest BCUT2D eigenvalue weighted by atomic mass is 16.3. The third kappa shape index (κ3) is 5.68. The van der Waals surface area contributed by atoms with Gasteiger partial charge in [0.05, 0.1) is 12.8 Å². The van der Waals surface area contributed by atoms with Crippen molar-refractivity contribution in [2.75, 3.05) is 13.1 Å². The van der Waals surface area contributed by atoms with Gasteiger partial charge in [-0.05, 0) is 50.7 Å². The molecule has 1 saturated carbocycles. The van der Waals surface area contributed by atoms with Gasteiger partial charge in [0, 0.05) is 25.2 Å². The van der Waals surface area contributed by atoms with E-state index in [1.165, 1.54) is 25.7 Å². The molecule has 1 aromatic heterocycles. The Bertz CT molecular complexity index is 357. The average molecular weight is 278 g/mol. The second kappa shape index (κ2) is 7.84. The highest BCUT2D eigenvalue weighted by Gasteiger charge is 2.29. The fourth-order valence-electron chi connectivity index (χ4n) is 2.57. The van der Waals surface area contributed by atoms with Crippen LogP contribution in [0.15, 0.2) is 22.8 Å². The number of rotatable bonds is 10. The largest absolute Gasteiger partial charge is 0.468 e. The topological polar surface area (TPSA) is 28.4 Å². The minimum absolute atomic E-state index is 0.627. The SMILES string of the molecule is CC(C)CCC(C)NCCN(Cc1ccco1)C1CC1. The molecule has 0 amide bonds. The highest BCUT2D eigenvalue weighted by Crippen LogP contribution is 2.27. The summed E-state index contributed by atoms with van der Waals surface area (Å²) in [6.07, 6.45) is 7.06. The molecule has 0 saturated heterocycles. The van der Waals surface area contributed by atoms with Crippen molar-refractivity contribution in [3.63, 3.8) is 0 Å². The third-order valence-corrected chi connectivity index (χ3v) is 4.07. The first-order valence-electron chi connectivity index (χ1n) is 8.15. The van der Waals surface area contributed by atoms with Gasteiger partial charge in [0.1, 0.15) is 5.76 Å². The van der Waals surface area contributed by atoms with Crippen LogP contribution in [0.4, 0.5) is 0 Å². The van der Waals surface area contributed by atoms with Gasteiger partial charge in [-0.15, -0.1) is 0 Å². The number of furan rings is 1. The van der Waals surface area contributed by atoms with E-state index in [0.717, 1.165) is 37.4 Å². The van der Waals surface area contributed by atoms with Crippen LogP contribution in [-0.2, 0) is 6.54 Å². The van der Waals surface area contributed by atoms with Gasteiger partial charge in [-0.25, -0.2) is 0 Å². The Morgan fingerprint density at radius 1 is 1.30 bits per heavy atom. The van der Waals surface area contributed by atoms with E-state index in [2.05, 4.69) is 37.1 Å². The van der Waals surface area contributed by atoms with Crippen LogP contribution >= 0.6 is 0 Å². The summed E-state index contributed by atoms with van der Waals surface area (Å²) in [5.41, 5.74) is 0. The quantitative estimate of drug-likeness (QED) is 0.708. The molecule has 0 aliphatic heterocycles. The van der Waals surface area contributed by atoms with Crippen LogP contribution in [0.5, 0.6) is 0 Å². The second-order valence-electron chi connectivity index (χ2n) is 6.61. The molecule has 2 rings (SSSR count). The maximum Gasteiger partial charge on any atom is 0.117 e. The van der Waals surface area contributed by atoms with E-state index < -0.39 is 0 Å². The smallest absolute Gasteiger partial charge is 0.117 e. The fraction of sp³-hybridized carbons (Fsp3) is 0.765. The Hall–Kier alpha value is -0.800. The number of nitrogens with zero attached hydrogens (tertiary/aromatic N) is 1. The standard InChI is InChI=1S/C17H30N2O/c1-14(2)6-7-15(3)18-10-11-19(16-8-9-16)13-17-5-4-12-20-17/h4-5,12,14-16,18H,6-11,13H2,1-3H3. The van der Waals surface area contributed by atoms with Crippen LogP contribution < -0.4 is 5.32 Å². The van der Waals surface area contributed by atoms with Crippen LogP contribution in [0.25, 0.3) is 0 Å². The summed E-state index contributed by atoms with van der Waals surface area (Å²) in [7, 11) is 0. The first-order valence-corrected chi connectivity index (χ1v) is 8.15. The monoisotopic (exact) mass is 278 g/mol. The van der Waals surface area contributed by atoms with Crippen molar-refractivity contribution in [1.82, 2.24) is 10.2 Å². The zero-order valence-corrected chi connectivity index (χ0v) is 13.3. The van der Waals surface area contributed by atoms with Gasteiger partial charge in [-0.3, -0.25) is 4.90 Å². The molecule has 1 atom stereocenters. The molecule has 1 aliphatic carbocycles. The lowest BCUT2D eigenvalue weighted by Crippen LogP contribution is -2.36. The molecule has 20 heavy (non-hydrogen) atoms. The maximum absolute atomic E-state index is 5.47. The summed E-state index contributed by atoms with van der Waals surface area (Å²) in [5.74, 6) is 1.89. The molecule has 1 heterocycles. The van der Waals surface area contributed by atoms with Crippen molar-refractivity contribution < 1.29 is 4.42 Å². The molecule has 1 aliphatic rings. The molecule has 1 N–H and O–H groups in total. The van der Waals surface area contributed by atoms with E-state index in [0.29, 0.717) is 6.04 Å². The molecular weight excluding hydrogens is 248 g/mol. The molecule has 1 aromatic rings. The van der Waals surface area contributed by atoms with Gasteiger partial charge in [-0.2, -0.15) is 0 Å². The first-order chi connectivity index (χ1) is 9.65. The highest BCUT2D eigenvalue weighted by molar-refractivity contribution is 4.99. The van der Waals surface area contributed by atoms with Crippen molar-refractivity contribution >= 4 is 0 Å². The van der Waals surface area contributed by atoms with Gasteiger partial charge < -0.3 is 9.73 Å². The van der Waals surface area contributed by atoms with Gasteiger partial charge in [0.25, 0.3) is 0 Å². The van der Waals surface area contributed by atoms with Crippen molar-refractivity contribution in [3.05, 3.63) is 24.2 Å². The minimum Gasteiger partial charge on any atom is -0.468 e. The van der Waals surface area contributed by atoms with Crippen LogP contribution in [0.3, 0.4) is 0 Å².